The van der Waals surface area contributed by atoms with Gasteiger partial charge in [-0.15, -0.1) is 0 Å². The maximum Gasteiger partial charge on any atom is 0.136 e. The number of aromatic nitrogens is 2. The number of benzene rings is 1. The molecule has 0 radical (unpaired) electrons. The van der Waals surface area contributed by atoms with Gasteiger partial charge in [-0.1, -0.05) is 6.07 Å². The second kappa shape index (κ2) is 5.34. The molecule has 0 aliphatic carbocycles. The smallest absolute Gasteiger partial charge is 0.136 e. The number of methoxy groups -OCH3 is 1. The van der Waals surface area contributed by atoms with E-state index in [2.05, 4.69) is 11.1 Å². The maximum atomic E-state index is 9.02. The zero-order valence-electron chi connectivity index (χ0n) is 10.1. The Morgan fingerprint density at radius 2 is 2.33 bits per heavy atom. The summed E-state index contributed by atoms with van der Waals surface area (Å²) in [5.74, 6) is 0.592. The number of rotatable bonds is 4. The third-order valence-electron chi connectivity index (χ3n) is 2.65. The molecule has 1 heterocycles. The summed E-state index contributed by atoms with van der Waals surface area (Å²) in [7, 11) is 1.55. The van der Waals surface area contributed by atoms with Gasteiger partial charge in [-0.05, 0) is 17.7 Å². The summed E-state index contributed by atoms with van der Waals surface area (Å²) in [6, 6.07) is 7.67. The van der Waals surface area contributed by atoms with Gasteiger partial charge in [-0.3, -0.25) is 0 Å². The molecule has 18 heavy (non-hydrogen) atoms. The zero-order chi connectivity index (χ0) is 13.0. The fraction of sp³-hybridized carbons (Fsp3) is 0.231. The second-order valence-corrected chi connectivity index (χ2v) is 3.89. The van der Waals surface area contributed by atoms with Crippen LogP contribution in [0.1, 0.15) is 16.8 Å². The molecule has 0 spiro atoms. The summed E-state index contributed by atoms with van der Waals surface area (Å²) < 4.78 is 7.04. The molecule has 0 aliphatic rings. The van der Waals surface area contributed by atoms with Crippen LogP contribution in [0, 0.1) is 11.3 Å². The Bertz CT molecular complexity index is 583. The molecule has 0 unspecified atom stereocenters. The van der Waals surface area contributed by atoms with E-state index in [0.717, 1.165) is 11.3 Å². The van der Waals surface area contributed by atoms with Gasteiger partial charge >= 0.3 is 0 Å². The maximum absolute atomic E-state index is 9.02. The average Bonchev–Trinajstić information content (AvgIpc) is 2.86. The van der Waals surface area contributed by atoms with Gasteiger partial charge in [0.25, 0.3) is 0 Å². The predicted molar refractivity (Wildman–Crippen MR) is 66.9 cm³/mol. The molecule has 0 aliphatic heterocycles. The fourth-order valence-electron chi connectivity index (χ4n) is 1.75. The molecule has 0 fully saturated rings. The lowest BCUT2D eigenvalue weighted by Crippen LogP contribution is -1.99. The normalized spacial score (nSPS) is 10.1. The van der Waals surface area contributed by atoms with Gasteiger partial charge in [-0.2, -0.15) is 5.26 Å². The first kappa shape index (κ1) is 12.1. The number of hydrogen-bond donors (Lipinski definition) is 1. The van der Waals surface area contributed by atoms with Crippen LogP contribution in [-0.4, -0.2) is 16.7 Å². The molecule has 2 aromatic rings. The molecule has 2 N–H and O–H groups in total. The van der Waals surface area contributed by atoms with Gasteiger partial charge < -0.3 is 15.0 Å². The fourth-order valence-corrected chi connectivity index (χ4v) is 1.75. The zero-order valence-corrected chi connectivity index (χ0v) is 10.1. The Balaban J connectivity index is 2.22. The van der Waals surface area contributed by atoms with E-state index in [1.807, 2.05) is 22.9 Å². The van der Waals surface area contributed by atoms with Crippen LogP contribution in [0.25, 0.3) is 0 Å². The summed E-state index contributed by atoms with van der Waals surface area (Å²) in [6.45, 7) is 1.09. The SMILES string of the molecule is COc1ccc(Cn2cnc(CN)c2)cc1C#N. The van der Waals surface area contributed by atoms with Crippen LogP contribution < -0.4 is 10.5 Å². The highest BCUT2D eigenvalue weighted by atomic mass is 16.5. The Morgan fingerprint density at radius 1 is 1.50 bits per heavy atom. The summed E-state index contributed by atoms with van der Waals surface area (Å²) in [6.07, 6.45) is 3.63. The monoisotopic (exact) mass is 242 g/mol. The van der Waals surface area contributed by atoms with Gasteiger partial charge in [0.15, 0.2) is 0 Å². The third kappa shape index (κ3) is 2.50. The van der Waals surface area contributed by atoms with E-state index in [-0.39, 0.29) is 0 Å². The lowest BCUT2D eigenvalue weighted by molar-refractivity contribution is 0.413. The molecule has 5 heteroatoms. The number of nitrogens with zero attached hydrogens (tertiary/aromatic N) is 3. The average molecular weight is 242 g/mol. The number of nitriles is 1. The number of hydrogen-bond acceptors (Lipinski definition) is 4. The molecule has 0 saturated carbocycles. The van der Waals surface area contributed by atoms with Crippen molar-refractivity contribution in [2.45, 2.75) is 13.1 Å². The van der Waals surface area contributed by atoms with Crippen LogP contribution in [0.15, 0.2) is 30.7 Å². The third-order valence-corrected chi connectivity index (χ3v) is 2.65. The Labute approximate surface area is 105 Å². The first-order chi connectivity index (χ1) is 8.76. The lowest BCUT2D eigenvalue weighted by atomic mass is 10.1. The summed E-state index contributed by atoms with van der Waals surface area (Å²) >= 11 is 0. The van der Waals surface area contributed by atoms with Crippen molar-refractivity contribution in [2.75, 3.05) is 7.11 Å². The van der Waals surface area contributed by atoms with Gasteiger partial charge in [-0.25, -0.2) is 4.98 Å². The van der Waals surface area contributed by atoms with E-state index in [1.165, 1.54) is 0 Å². The molecule has 0 saturated heterocycles. The molecule has 0 bridgehead atoms. The van der Waals surface area contributed by atoms with E-state index in [4.69, 9.17) is 15.7 Å². The minimum Gasteiger partial charge on any atom is -0.495 e. The van der Waals surface area contributed by atoms with Crippen molar-refractivity contribution in [1.29, 1.82) is 5.26 Å². The highest BCUT2D eigenvalue weighted by Crippen LogP contribution is 2.19. The Hall–Kier alpha value is -2.32. The molecular weight excluding hydrogens is 228 g/mol. The van der Waals surface area contributed by atoms with Crippen molar-refractivity contribution < 1.29 is 4.74 Å². The minimum atomic E-state index is 0.430. The first-order valence-electron chi connectivity index (χ1n) is 5.54. The quantitative estimate of drug-likeness (QED) is 0.875. The van der Waals surface area contributed by atoms with Crippen molar-refractivity contribution in [1.82, 2.24) is 9.55 Å². The molecule has 1 aromatic heterocycles. The van der Waals surface area contributed by atoms with E-state index >= 15 is 0 Å². The van der Waals surface area contributed by atoms with Crippen LogP contribution in [0.3, 0.4) is 0 Å². The minimum absolute atomic E-state index is 0.430. The van der Waals surface area contributed by atoms with Crippen molar-refractivity contribution in [3.8, 4) is 11.8 Å². The molecule has 2 rings (SSSR count). The van der Waals surface area contributed by atoms with Crippen molar-refractivity contribution >= 4 is 0 Å². The standard InChI is InChI=1S/C13H14N4O/c1-18-13-3-2-10(4-11(13)5-14)7-17-8-12(6-15)16-9-17/h2-4,8-9H,6-7,15H2,1H3. The first-order valence-corrected chi connectivity index (χ1v) is 5.54. The summed E-state index contributed by atoms with van der Waals surface area (Å²) in [5.41, 5.74) is 7.91. The molecule has 0 atom stereocenters. The molecule has 1 aromatic carbocycles. The lowest BCUT2D eigenvalue weighted by Gasteiger charge is -2.06. The van der Waals surface area contributed by atoms with E-state index in [1.54, 1.807) is 19.5 Å². The molecule has 0 amide bonds. The van der Waals surface area contributed by atoms with Gasteiger partial charge in [0.2, 0.25) is 0 Å². The topological polar surface area (TPSA) is 76.9 Å². The van der Waals surface area contributed by atoms with Crippen LogP contribution in [0.5, 0.6) is 5.75 Å². The predicted octanol–water partition coefficient (Wildman–Crippen LogP) is 1.27. The van der Waals surface area contributed by atoms with Crippen LogP contribution in [0.4, 0.5) is 0 Å². The highest BCUT2D eigenvalue weighted by Gasteiger charge is 2.04. The highest BCUT2D eigenvalue weighted by molar-refractivity contribution is 5.45. The molecule has 5 nitrogen and oxygen atoms in total. The van der Waals surface area contributed by atoms with Crippen molar-refractivity contribution in [2.24, 2.45) is 5.73 Å². The summed E-state index contributed by atoms with van der Waals surface area (Å²) in [5, 5.41) is 9.02. The van der Waals surface area contributed by atoms with Gasteiger partial charge in [0.1, 0.15) is 11.8 Å². The largest absolute Gasteiger partial charge is 0.495 e. The Morgan fingerprint density at radius 3 is 2.94 bits per heavy atom. The van der Waals surface area contributed by atoms with Crippen molar-refractivity contribution in [3.63, 3.8) is 0 Å². The van der Waals surface area contributed by atoms with Gasteiger partial charge in [0.05, 0.1) is 24.7 Å². The Kier molecular flexibility index (Phi) is 3.60. The van der Waals surface area contributed by atoms with Crippen LogP contribution in [0.2, 0.25) is 0 Å². The number of imidazole rings is 1. The second-order valence-electron chi connectivity index (χ2n) is 3.89. The number of nitrogens with two attached hydrogens (primary N) is 1. The van der Waals surface area contributed by atoms with E-state index in [9.17, 15) is 0 Å². The van der Waals surface area contributed by atoms with Crippen LogP contribution in [-0.2, 0) is 13.1 Å². The van der Waals surface area contributed by atoms with Gasteiger partial charge in [0, 0.05) is 19.3 Å². The van der Waals surface area contributed by atoms with E-state index in [0.29, 0.717) is 24.4 Å². The van der Waals surface area contributed by atoms with Crippen LogP contribution >= 0.6 is 0 Å². The van der Waals surface area contributed by atoms with Crippen molar-refractivity contribution in [3.05, 3.63) is 47.5 Å². The number of ether oxygens (including phenoxy) is 1. The molecular formula is C13H14N4O. The molecule has 92 valence electrons. The summed E-state index contributed by atoms with van der Waals surface area (Å²) in [4.78, 5) is 4.16. The van der Waals surface area contributed by atoms with E-state index < -0.39 is 0 Å².